The minimum atomic E-state index is -3.19. The number of hydrogen-bond acceptors (Lipinski definition) is 9. The van der Waals surface area contributed by atoms with E-state index in [0.717, 1.165) is 17.1 Å². The highest BCUT2D eigenvalue weighted by molar-refractivity contribution is 9.08. The average Bonchev–Trinajstić information content (AvgIpc) is 3.88. The van der Waals surface area contributed by atoms with Crippen LogP contribution in [0.1, 0.15) is 126 Å². The number of rotatable bonds is 4. The zero-order chi connectivity index (χ0) is 56.7. The van der Waals surface area contributed by atoms with Crippen molar-refractivity contribution in [2.45, 2.75) is 87.7 Å². The van der Waals surface area contributed by atoms with Gasteiger partial charge in [0.05, 0.1) is 35.1 Å². The molecule has 0 fully saturated rings. The summed E-state index contributed by atoms with van der Waals surface area (Å²) in [6.45, 7) is 21.1. The molecule has 2 aliphatic heterocycles. The molecule has 0 aromatic heterocycles. The lowest BCUT2D eigenvalue weighted by atomic mass is 10.1. The highest BCUT2D eigenvalue weighted by atomic mass is 79.9. The summed E-state index contributed by atoms with van der Waals surface area (Å²) in [6.07, 6.45) is 0.925. The van der Waals surface area contributed by atoms with Crippen molar-refractivity contribution in [2.75, 3.05) is 6.26 Å². The van der Waals surface area contributed by atoms with Crippen molar-refractivity contribution < 1.29 is 34.5 Å². The van der Waals surface area contributed by atoms with Crippen molar-refractivity contribution in [2.24, 2.45) is 5.73 Å². The third kappa shape index (κ3) is 34.2. The van der Waals surface area contributed by atoms with Gasteiger partial charge in [-0.2, -0.15) is 0 Å². The Morgan fingerprint density at radius 1 is 0.480 bits per heavy atom. The van der Waals surface area contributed by atoms with Crippen molar-refractivity contribution in [3.05, 3.63) is 250 Å². The summed E-state index contributed by atoms with van der Waals surface area (Å²) in [4.78, 5) is 47.4. The molecule has 7 aromatic carbocycles. The summed E-state index contributed by atoms with van der Waals surface area (Å²) >= 11 is 3.36. The second kappa shape index (κ2) is 48.0. The topological polar surface area (TPSA) is 223 Å². The van der Waals surface area contributed by atoms with Crippen LogP contribution in [0.25, 0.3) is 0 Å². The first-order chi connectivity index (χ1) is 35.7. The zero-order valence-electron chi connectivity index (χ0n) is 45.3. The summed E-state index contributed by atoms with van der Waals surface area (Å²) in [5.41, 5.74) is 23.4. The third-order valence-corrected chi connectivity index (χ3v) is 9.31. The van der Waals surface area contributed by atoms with Crippen LogP contribution < -0.4 is 11.1 Å². The van der Waals surface area contributed by atoms with Gasteiger partial charge in [-0.05, 0) is 54.8 Å². The largest absolute Gasteiger partial charge is 0.412 e. The maximum absolute atomic E-state index is 12.1. The quantitative estimate of drug-likeness (QED) is 0.0577. The first-order valence-electron chi connectivity index (χ1n) is 24.2. The molecule has 0 saturated heterocycles. The molecule has 2 aliphatic rings. The van der Waals surface area contributed by atoms with E-state index in [2.05, 4.69) is 82.2 Å². The van der Waals surface area contributed by atoms with Crippen molar-refractivity contribution in [1.29, 1.82) is 11.1 Å². The minimum absolute atomic E-state index is 0. The lowest BCUT2D eigenvalue weighted by Gasteiger charge is -2.13. The van der Waals surface area contributed by atoms with Crippen LogP contribution in [0.15, 0.2) is 200 Å². The van der Waals surface area contributed by atoms with Crippen molar-refractivity contribution in [1.82, 2.24) is 10.2 Å². The number of nitrogens with two attached hydrogens (primary N) is 1. The van der Waals surface area contributed by atoms with Gasteiger partial charge >= 0.3 is 0 Å². The van der Waals surface area contributed by atoms with Gasteiger partial charge in [-0.1, -0.05) is 258 Å². The second-order valence-electron chi connectivity index (χ2n) is 13.9. The van der Waals surface area contributed by atoms with Crippen LogP contribution in [-0.2, 0) is 27.5 Å². The maximum atomic E-state index is 12.1. The fourth-order valence-corrected chi connectivity index (χ4v) is 5.89. The zero-order valence-corrected chi connectivity index (χ0v) is 48.5. The molecule has 0 unspecified atom stereocenters. The average molecular weight is 1130 g/mol. The Balaban J connectivity index is -0.000000258. The number of benzene rings is 7. The molecule has 7 aromatic rings. The number of nitrogens with one attached hydrogen (secondary N) is 3. The summed E-state index contributed by atoms with van der Waals surface area (Å²) < 4.78 is 18.8. The predicted molar refractivity (Wildman–Crippen MR) is 318 cm³/mol. The monoisotopic (exact) mass is 1130 g/mol. The van der Waals surface area contributed by atoms with Crippen LogP contribution in [0.3, 0.4) is 0 Å². The molecule has 2 heterocycles. The molecule has 0 spiro atoms. The van der Waals surface area contributed by atoms with Gasteiger partial charge in [0, 0.05) is 24.0 Å². The normalized spacial score (nSPS) is 10.2. The fraction of sp³-hybridized carbons (Fsp3) is 0.233. The van der Waals surface area contributed by atoms with Crippen LogP contribution in [0.5, 0.6) is 0 Å². The molecule has 15 heteroatoms. The van der Waals surface area contributed by atoms with Gasteiger partial charge in [-0.15, -0.1) is 0 Å². The van der Waals surface area contributed by atoms with Crippen molar-refractivity contribution in [3.8, 4) is 0 Å². The standard InChI is InChI=1S/C15H11NO2.C8H5NO2.C7H7Br.C7H9N.2C7H8.4C2H6.CH3ClO2S.H2N2.H2O.H2/c17-14-12-8-4-5-9-13(12)15(18)16(14)10-11-6-2-1-3-7-11;10-7-5-3-1-2-4-6(5)8(11)9-7;2*8-6-7-4-2-1-3-5-7;2*1-7-5-3-2-4-6-7;4*1-2;1-5(2,3)4;1-2;;/h1-9H,10H2;1-4H,(H,9,10,11);1-5H,6H2;1-5H,6,8H2;2*2-6H,1H3;4*1-2H3;1H3;1-2H;1H2;1H. The van der Waals surface area contributed by atoms with E-state index in [4.69, 9.17) is 16.8 Å². The number of fused-ring (bicyclic) bond motifs is 2. The van der Waals surface area contributed by atoms with Gasteiger partial charge in [-0.3, -0.25) is 29.4 Å². The Labute approximate surface area is 462 Å². The molecule has 12 nitrogen and oxygen atoms in total. The Kier molecular flexibility index (Phi) is 47.8. The van der Waals surface area contributed by atoms with E-state index in [0.29, 0.717) is 35.3 Å². The van der Waals surface area contributed by atoms with Crippen LogP contribution in [-0.4, -0.2) is 48.7 Å². The van der Waals surface area contributed by atoms with Gasteiger partial charge in [0.25, 0.3) is 23.6 Å². The first kappa shape index (κ1) is 74.6. The number of alkyl halides is 1. The van der Waals surface area contributed by atoms with E-state index < -0.39 is 9.05 Å². The van der Waals surface area contributed by atoms with E-state index in [1.165, 1.54) is 27.2 Å². The van der Waals surface area contributed by atoms with Crippen LogP contribution in [0.4, 0.5) is 0 Å². The highest BCUT2D eigenvalue weighted by Crippen LogP contribution is 2.24. The number of halogens is 2. The predicted octanol–water partition coefficient (Wildman–Crippen LogP) is 15.1. The number of carbonyl (C=O) groups is 4. The third-order valence-electron chi connectivity index (χ3n) is 8.66. The van der Waals surface area contributed by atoms with Crippen molar-refractivity contribution in [3.63, 3.8) is 0 Å². The minimum Gasteiger partial charge on any atom is -0.412 e. The number of imide groups is 2. The Morgan fingerprint density at radius 3 is 0.947 bits per heavy atom. The molecular formula is C60H81BrClN5O7S. The van der Waals surface area contributed by atoms with Gasteiger partial charge in [-0.25, -0.2) is 19.5 Å². The summed E-state index contributed by atoms with van der Waals surface area (Å²) in [6, 6.07) is 64.0. The maximum Gasteiger partial charge on any atom is 0.261 e. The summed E-state index contributed by atoms with van der Waals surface area (Å²) in [5.74, 6) is -1.02. The Morgan fingerprint density at radius 2 is 0.720 bits per heavy atom. The van der Waals surface area contributed by atoms with Gasteiger partial charge in [0.2, 0.25) is 9.05 Å². The fourth-order valence-electron chi connectivity index (χ4n) is 5.52. The summed E-state index contributed by atoms with van der Waals surface area (Å²) in [7, 11) is 1.31. The molecular weight excluding hydrogens is 1050 g/mol. The molecule has 7 N–H and O–H groups in total. The van der Waals surface area contributed by atoms with E-state index in [1.54, 1.807) is 48.5 Å². The Hall–Kier alpha value is -6.94. The van der Waals surface area contributed by atoms with Gasteiger partial charge in [0.1, 0.15) is 0 Å². The van der Waals surface area contributed by atoms with Gasteiger partial charge < -0.3 is 11.2 Å². The smallest absolute Gasteiger partial charge is 0.261 e. The summed E-state index contributed by atoms with van der Waals surface area (Å²) in [5, 5.41) is 3.16. The van der Waals surface area contributed by atoms with Crippen LogP contribution >= 0.6 is 26.6 Å². The first-order valence-corrected chi connectivity index (χ1v) is 28.0. The van der Waals surface area contributed by atoms with Crippen LogP contribution in [0, 0.1) is 24.9 Å². The molecule has 0 saturated carbocycles. The van der Waals surface area contributed by atoms with Crippen LogP contribution in [0.2, 0.25) is 0 Å². The number of aryl methyl sites for hydroxylation is 2. The molecule has 0 aliphatic carbocycles. The second-order valence-corrected chi connectivity index (χ2v) is 17.5. The van der Waals surface area contributed by atoms with E-state index >= 15 is 0 Å². The molecule has 4 amide bonds. The Bertz CT molecular complexity index is 2490. The van der Waals surface area contributed by atoms with E-state index in [1.807, 2.05) is 171 Å². The highest BCUT2D eigenvalue weighted by Gasteiger charge is 2.34. The van der Waals surface area contributed by atoms with E-state index in [-0.39, 0.29) is 30.5 Å². The number of hydrogen-bond donors (Lipinski definition) is 4. The molecule has 75 heavy (non-hydrogen) atoms. The number of nitrogens with zero attached hydrogens (tertiary/aromatic N) is 1. The van der Waals surface area contributed by atoms with Gasteiger partial charge in [0.15, 0.2) is 0 Å². The molecule has 0 radical (unpaired) electrons. The molecule has 9 rings (SSSR count). The molecule has 408 valence electrons. The van der Waals surface area contributed by atoms with Crippen molar-refractivity contribution >= 4 is 59.3 Å². The number of amides is 4. The SMILES string of the molecule is BrCc1ccccc1.CC.CC.CC.CC.CS(=O)(=O)Cl.Cc1ccccc1.Cc1ccccc1.N=N.NCc1ccccc1.O.O=C1NC(=O)c2ccccc21.O=C1c2ccccc2C(=O)N1Cc1ccccc1.[HH]. The number of carbonyl (C=O) groups excluding carboxylic acids is 4. The lowest BCUT2D eigenvalue weighted by molar-refractivity contribution is 0.0641. The molecule has 0 atom stereocenters. The van der Waals surface area contributed by atoms with E-state index in [9.17, 15) is 27.6 Å². The molecule has 0 bridgehead atoms. The lowest BCUT2D eigenvalue weighted by Crippen LogP contribution is -2.29.